The Morgan fingerprint density at radius 1 is 0.654 bits per heavy atom. The second-order valence-electron chi connectivity index (χ2n) is 5.35. The van der Waals surface area contributed by atoms with Crippen LogP contribution in [0.3, 0.4) is 0 Å². The van der Waals surface area contributed by atoms with E-state index in [1.54, 1.807) is 0 Å². The van der Waals surface area contributed by atoms with Crippen LogP contribution in [0.25, 0.3) is 0 Å². The number of phenols is 1. The molecular formula is C18H10F5O2P. The van der Waals surface area contributed by atoms with E-state index in [4.69, 9.17) is 0 Å². The van der Waals surface area contributed by atoms with Gasteiger partial charge in [-0.1, -0.05) is 42.5 Å². The van der Waals surface area contributed by atoms with Crippen molar-refractivity contribution in [2.75, 3.05) is 0 Å². The first-order valence-corrected chi connectivity index (χ1v) is 8.97. The number of aromatic hydroxyl groups is 1. The maximum absolute atomic E-state index is 14.4. The normalized spacial score (nSPS) is 13.4. The molecule has 2 nitrogen and oxygen atoms in total. The van der Waals surface area contributed by atoms with Gasteiger partial charge in [0.2, 0.25) is 5.82 Å². The molecule has 0 heterocycles. The molecule has 3 rings (SSSR count). The second kappa shape index (κ2) is 6.57. The van der Waals surface area contributed by atoms with E-state index in [-0.39, 0.29) is 5.30 Å². The van der Waals surface area contributed by atoms with Gasteiger partial charge >= 0.3 is 0 Å². The molecule has 0 saturated heterocycles. The summed E-state index contributed by atoms with van der Waals surface area (Å²) >= 11 is 0. The Labute approximate surface area is 144 Å². The van der Waals surface area contributed by atoms with Gasteiger partial charge in [0, 0.05) is 5.30 Å². The third kappa shape index (κ3) is 2.59. The maximum atomic E-state index is 14.4. The van der Waals surface area contributed by atoms with Crippen molar-refractivity contribution < 1.29 is 31.6 Å². The summed E-state index contributed by atoms with van der Waals surface area (Å²) in [5.74, 6) is -11.7. The van der Waals surface area contributed by atoms with Crippen LogP contribution in [-0.2, 0) is 4.57 Å². The summed E-state index contributed by atoms with van der Waals surface area (Å²) < 4.78 is 83.5. The van der Waals surface area contributed by atoms with Crippen LogP contribution in [0.5, 0.6) is 5.75 Å². The van der Waals surface area contributed by atoms with Crippen molar-refractivity contribution in [1.29, 1.82) is 0 Å². The van der Waals surface area contributed by atoms with E-state index in [9.17, 15) is 31.6 Å². The van der Waals surface area contributed by atoms with Gasteiger partial charge in [-0.15, -0.1) is 0 Å². The fourth-order valence-electron chi connectivity index (χ4n) is 2.63. The van der Waals surface area contributed by atoms with Crippen LogP contribution >= 0.6 is 7.14 Å². The first kappa shape index (κ1) is 18.1. The molecule has 3 aromatic rings. The highest BCUT2D eigenvalue weighted by molar-refractivity contribution is 7.85. The van der Waals surface area contributed by atoms with Gasteiger partial charge in [0.25, 0.3) is 0 Å². The Kier molecular flexibility index (Phi) is 4.59. The lowest BCUT2D eigenvalue weighted by Crippen LogP contribution is -2.32. The molecule has 0 spiro atoms. The first-order chi connectivity index (χ1) is 12.3. The molecule has 0 fully saturated rings. The van der Waals surface area contributed by atoms with Crippen LogP contribution in [0.4, 0.5) is 22.0 Å². The summed E-state index contributed by atoms with van der Waals surface area (Å²) in [4.78, 5) is 0. The molecule has 1 atom stereocenters. The molecule has 0 aliphatic carbocycles. The van der Waals surface area contributed by atoms with Crippen molar-refractivity contribution in [3.05, 3.63) is 83.7 Å². The summed E-state index contributed by atoms with van der Waals surface area (Å²) in [7, 11) is -4.61. The van der Waals surface area contributed by atoms with Crippen LogP contribution in [-0.4, -0.2) is 5.11 Å². The van der Waals surface area contributed by atoms with E-state index in [1.807, 2.05) is 0 Å². The highest BCUT2D eigenvalue weighted by atomic mass is 31.2. The molecule has 0 radical (unpaired) electrons. The van der Waals surface area contributed by atoms with E-state index >= 15 is 0 Å². The largest absolute Gasteiger partial charge is 0.507 e. The van der Waals surface area contributed by atoms with Crippen molar-refractivity contribution in [3.8, 4) is 5.75 Å². The molecule has 0 aliphatic heterocycles. The lowest BCUT2D eigenvalue weighted by molar-refractivity contribution is 0.384. The number of hydrogen-bond acceptors (Lipinski definition) is 2. The van der Waals surface area contributed by atoms with Gasteiger partial charge in [0.1, 0.15) is 5.75 Å². The van der Waals surface area contributed by atoms with Crippen LogP contribution in [0.15, 0.2) is 54.6 Å². The van der Waals surface area contributed by atoms with Gasteiger partial charge in [0.15, 0.2) is 30.4 Å². The summed E-state index contributed by atoms with van der Waals surface area (Å²) in [6.45, 7) is 0. The molecule has 0 bridgehead atoms. The minimum atomic E-state index is -4.61. The molecule has 1 unspecified atom stereocenters. The number of hydrogen-bond donors (Lipinski definition) is 1. The number of phenolic OH excluding ortho intramolecular Hbond substituents is 1. The standard InChI is InChI=1S/C18H10F5O2P/c19-13-14(20)16(22)18(17(23)15(13)21)26(25,10-6-2-1-3-7-10)12-9-5-4-8-11(12)24/h1-9,24H. The molecule has 0 saturated carbocycles. The average molecular weight is 384 g/mol. The SMILES string of the molecule is O=P(c1ccccc1)(c1ccccc1O)c1c(F)c(F)c(F)c(F)c1F. The van der Waals surface area contributed by atoms with Gasteiger partial charge < -0.3 is 9.67 Å². The molecule has 0 aliphatic rings. The van der Waals surface area contributed by atoms with Gasteiger partial charge in [-0.25, -0.2) is 22.0 Å². The van der Waals surface area contributed by atoms with Gasteiger partial charge in [-0.3, -0.25) is 0 Å². The van der Waals surface area contributed by atoms with Crippen molar-refractivity contribution in [2.24, 2.45) is 0 Å². The second-order valence-corrected chi connectivity index (χ2v) is 8.02. The first-order valence-electron chi connectivity index (χ1n) is 7.26. The van der Waals surface area contributed by atoms with Crippen molar-refractivity contribution in [2.45, 2.75) is 0 Å². The molecule has 26 heavy (non-hydrogen) atoms. The highest BCUT2D eigenvalue weighted by Crippen LogP contribution is 2.47. The lowest BCUT2D eigenvalue weighted by atomic mass is 10.3. The Bertz CT molecular complexity index is 1010. The fourth-order valence-corrected chi connectivity index (χ4v) is 5.44. The minimum Gasteiger partial charge on any atom is -0.507 e. The third-order valence-electron chi connectivity index (χ3n) is 3.84. The Hall–Kier alpha value is -2.66. The van der Waals surface area contributed by atoms with Crippen LogP contribution in [0, 0.1) is 29.1 Å². The molecule has 1 N–H and O–H groups in total. The quantitative estimate of drug-likeness (QED) is 0.324. The number of benzene rings is 3. The number of halogens is 5. The average Bonchev–Trinajstić information content (AvgIpc) is 2.66. The molecular weight excluding hydrogens is 374 g/mol. The summed E-state index contributed by atoms with van der Waals surface area (Å²) in [5, 5.41) is 7.97. The van der Waals surface area contributed by atoms with E-state index in [0.29, 0.717) is 0 Å². The van der Waals surface area contributed by atoms with E-state index in [2.05, 4.69) is 0 Å². The van der Waals surface area contributed by atoms with E-state index in [1.165, 1.54) is 42.5 Å². The van der Waals surface area contributed by atoms with E-state index < -0.39 is 52.6 Å². The Morgan fingerprint density at radius 2 is 1.12 bits per heavy atom. The minimum absolute atomic E-state index is 0.190. The zero-order valence-electron chi connectivity index (χ0n) is 12.9. The van der Waals surface area contributed by atoms with Crippen molar-refractivity contribution in [3.63, 3.8) is 0 Å². The topological polar surface area (TPSA) is 37.3 Å². The molecule has 3 aromatic carbocycles. The summed E-state index contributed by atoms with van der Waals surface area (Å²) in [6.07, 6.45) is 0. The van der Waals surface area contributed by atoms with E-state index in [0.717, 1.165) is 12.1 Å². The highest BCUT2D eigenvalue weighted by Gasteiger charge is 2.41. The van der Waals surface area contributed by atoms with Crippen LogP contribution in [0.1, 0.15) is 0 Å². The smallest absolute Gasteiger partial charge is 0.200 e. The van der Waals surface area contributed by atoms with Gasteiger partial charge in [-0.2, -0.15) is 0 Å². The number of para-hydroxylation sites is 1. The lowest BCUT2D eigenvalue weighted by Gasteiger charge is -2.22. The Morgan fingerprint density at radius 3 is 1.65 bits per heavy atom. The molecule has 0 aromatic heterocycles. The predicted molar refractivity (Wildman–Crippen MR) is 87.3 cm³/mol. The summed E-state index contributed by atoms with van der Waals surface area (Å²) in [5.41, 5.74) is 0. The molecule has 8 heteroatoms. The maximum Gasteiger partial charge on any atom is 0.200 e. The van der Waals surface area contributed by atoms with Gasteiger partial charge in [0.05, 0.1) is 10.6 Å². The molecule has 134 valence electrons. The third-order valence-corrected chi connectivity index (χ3v) is 6.95. The van der Waals surface area contributed by atoms with Gasteiger partial charge in [-0.05, 0) is 12.1 Å². The zero-order chi connectivity index (χ0) is 19.1. The van der Waals surface area contributed by atoms with Crippen LogP contribution in [0.2, 0.25) is 0 Å². The fraction of sp³-hybridized carbons (Fsp3) is 0. The summed E-state index contributed by atoms with van der Waals surface area (Å²) in [6, 6.07) is 11.7. The van der Waals surface area contributed by atoms with Crippen molar-refractivity contribution in [1.82, 2.24) is 0 Å². The number of rotatable bonds is 3. The Balaban J connectivity index is 2.50. The monoisotopic (exact) mass is 384 g/mol. The van der Waals surface area contributed by atoms with Crippen molar-refractivity contribution >= 4 is 23.1 Å². The predicted octanol–water partition coefficient (Wildman–Crippen LogP) is 3.73. The zero-order valence-corrected chi connectivity index (χ0v) is 13.8. The molecule has 0 amide bonds. The van der Waals surface area contributed by atoms with Crippen LogP contribution < -0.4 is 15.9 Å².